The lowest BCUT2D eigenvalue weighted by Crippen LogP contribution is -2.38. The molecule has 0 saturated carbocycles. The lowest BCUT2D eigenvalue weighted by Gasteiger charge is -2.14. The van der Waals surface area contributed by atoms with E-state index in [1.807, 2.05) is 20.8 Å². The summed E-state index contributed by atoms with van der Waals surface area (Å²) in [4.78, 5) is 11.2. The highest BCUT2D eigenvalue weighted by Gasteiger charge is 2.08. The van der Waals surface area contributed by atoms with Crippen molar-refractivity contribution in [3.63, 3.8) is 0 Å². The van der Waals surface area contributed by atoms with E-state index in [0.29, 0.717) is 19.6 Å². The third kappa shape index (κ3) is 7.74. The molecule has 0 aliphatic rings. The Balaban J connectivity index is 3.53. The molecule has 3 N–H and O–H groups in total. The maximum atomic E-state index is 11.2. The Bertz CT molecular complexity index is 149. The molecule has 0 heterocycles. The van der Waals surface area contributed by atoms with Crippen LogP contribution < -0.4 is 11.1 Å². The van der Waals surface area contributed by atoms with Gasteiger partial charge in [0.05, 0.1) is 6.61 Å². The number of amides is 1. The van der Waals surface area contributed by atoms with Gasteiger partial charge in [-0.1, -0.05) is 0 Å². The van der Waals surface area contributed by atoms with E-state index in [9.17, 15) is 4.79 Å². The van der Waals surface area contributed by atoms with Crippen molar-refractivity contribution in [3.05, 3.63) is 0 Å². The standard InChI is InChI=1S/C9H20N2O2/c1-4-13-6-8(3)11-9(12)5-7(2)10/h7-8H,4-6,10H2,1-3H3,(H,11,12). The van der Waals surface area contributed by atoms with Gasteiger partial charge in [-0.05, 0) is 20.8 Å². The summed E-state index contributed by atoms with van der Waals surface area (Å²) in [7, 11) is 0. The molecule has 0 aromatic rings. The van der Waals surface area contributed by atoms with E-state index < -0.39 is 0 Å². The Kier molecular flexibility index (Phi) is 6.54. The van der Waals surface area contributed by atoms with Crippen LogP contribution in [0.2, 0.25) is 0 Å². The molecule has 2 atom stereocenters. The minimum absolute atomic E-state index is 0.0118. The first-order valence-corrected chi connectivity index (χ1v) is 4.69. The number of rotatable bonds is 6. The highest BCUT2D eigenvalue weighted by Crippen LogP contribution is 1.89. The average Bonchev–Trinajstić information content (AvgIpc) is 1.98. The predicted molar refractivity (Wildman–Crippen MR) is 52.4 cm³/mol. The van der Waals surface area contributed by atoms with Crippen LogP contribution in [0.1, 0.15) is 27.2 Å². The Hall–Kier alpha value is -0.610. The van der Waals surface area contributed by atoms with Gasteiger partial charge in [-0.25, -0.2) is 0 Å². The van der Waals surface area contributed by atoms with Crippen molar-refractivity contribution in [3.8, 4) is 0 Å². The molecule has 0 aliphatic heterocycles. The van der Waals surface area contributed by atoms with E-state index in [2.05, 4.69) is 5.32 Å². The van der Waals surface area contributed by atoms with E-state index in [1.54, 1.807) is 0 Å². The van der Waals surface area contributed by atoms with Crippen molar-refractivity contribution in [1.29, 1.82) is 0 Å². The van der Waals surface area contributed by atoms with Gasteiger partial charge in [0.25, 0.3) is 0 Å². The SMILES string of the molecule is CCOCC(C)NC(=O)CC(C)N. The summed E-state index contributed by atoms with van der Waals surface area (Å²) in [5, 5.41) is 2.80. The molecular formula is C9H20N2O2. The number of nitrogens with two attached hydrogens (primary N) is 1. The molecule has 78 valence electrons. The second kappa shape index (κ2) is 6.86. The van der Waals surface area contributed by atoms with E-state index in [-0.39, 0.29) is 18.0 Å². The van der Waals surface area contributed by atoms with Gasteiger partial charge in [0.2, 0.25) is 5.91 Å². The summed E-state index contributed by atoms with van der Waals surface area (Å²) < 4.78 is 5.16. The first kappa shape index (κ1) is 12.4. The quantitative estimate of drug-likeness (QED) is 0.628. The van der Waals surface area contributed by atoms with Gasteiger partial charge in [0.1, 0.15) is 0 Å². The zero-order chi connectivity index (χ0) is 10.3. The van der Waals surface area contributed by atoms with Crippen LogP contribution in [0.3, 0.4) is 0 Å². The molecule has 0 saturated heterocycles. The summed E-state index contributed by atoms with van der Waals surface area (Å²) >= 11 is 0. The van der Waals surface area contributed by atoms with E-state index in [0.717, 1.165) is 0 Å². The van der Waals surface area contributed by atoms with Gasteiger partial charge in [-0.3, -0.25) is 4.79 Å². The third-order valence-electron chi connectivity index (χ3n) is 1.49. The maximum Gasteiger partial charge on any atom is 0.221 e. The van der Waals surface area contributed by atoms with Crippen LogP contribution in [0, 0.1) is 0 Å². The van der Waals surface area contributed by atoms with Crippen molar-refractivity contribution >= 4 is 5.91 Å². The molecule has 0 radical (unpaired) electrons. The summed E-state index contributed by atoms with van der Waals surface area (Å²) in [5.41, 5.74) is 5.48. The minimum Gasteiger partial charge on any atom is -0.380 e. The molecule has 0 spiro atoms. The van der Waals surface area contributed by atoms with Crippen LogP contribution in [0.25, 0.3) is 0 Å². The molecule has 0 fully saturated rings. The van der Waals surface area contributed by atoms with Crippen molar-refractivity contribution in [2.24, 2.45) is 5.73 Å². The minimum atomic E-state index is -0.0840. The fraction of sp³-hybridized carbons (Fsp3) is 0.889. The van der Waals surface area contributed by atoms with E-state index in [1.165, 1.54) is 0 Å². The largest absolute Gasteiger partial charge is 0.380 e. The van der Waals surface area contributed by atoms with Crippen molar-refractivity contribution in [2.45, 2.75) is 39.3 Å². The second-order valence-corrected chi connectivity index (χ2v) is 3.31. The predicted octanol–water partition coefficient (Wildman–Crippen LogP) is 0.265. The number of nitrogens with one attached hydrogen (secondary N) is 1. The summed E-state index contributed by atoms with van der Waals surface area (Å²) in [6.07, 6.45) is 0.371. The lowest BCUT2D eigenvalue weighted by atomic mass is 10.2. The van der Waals surface area contributed by atoms with Gasteiger partial charge >= 0.3 is 0 Å². The first-order valence-electron chi connectivity index (χ1n) is 4.69. The lowest BCUT2D eigenvalue weighted by molar-refractivity contribution is -0.122. The summed E-state index contributed by atoms with van der Waals surface area (Å²) in [6, 6.07) is -0.0227. The fourth-order valence-corrected chi connectivity index (χ4v) is 0.962. The number of hydrogen-bond donors (Lipinski definition) is 2. The highest BCUT2D eigenvalue weighted by molar-refractivity contribution is 5.76. The van der Waals surface area contributed by atoms with Gasteiger partial charge < -0.3 is 15.8 Å². The van der Waals surface area contributed by atoms with E-state index >= 15 is 0 Å². The molecule has 0 aromatic heterocycles. The summed E-state index contributed by atoms with van der Waals surface area (Å²) in [5.74, 6) is -0.0118. The third-order valence-corrected chi connectivity index (χ3v) is 1.49. The Morgan fingerprint density at radius 3 is 2.62 bits per heavy atom. The van der Waals surface area contributed by atoms with Crippen LogP contribution >= 0.6 is 0 Å². The molecule has 4 heteroatoms. The molecule has 0 aliphatic carbocycles. The number of hydrogen-bond acceptors (Lipinski definition) is 3. The van der Waals surface area contributed by atoms with Crippen molar-refractivity contribution < 1.29 is 9.53 Å². The number of carbonyl (C=O) groups excluding carboxylic acids is 1. The first-order chi connectivity index (χ1) is 6.06. The molecule has 13 heavy (non-hydrogen) atoms. The average molecular weight is 188 g/mol. The second-order valence-electron chi connectivity index (χ2n) is 3.31. The van der Waals surface area contributed by atoms with Crippen LogP contribution in [0.15, 0.2) is 0 Å². The number of carbonyl (C=O) groups is 1. The highest BCUT2D eigenvalue weighted by atomic mass is 16.5. The smallest absolute Gasteiger partial charge is 0.221 e. The van der Waals surface area contributed by atoms with Crippen LogP contribution in [0.4, 0.5) is 0 Å². The Morgan fingerprint density at radius 2 is 2.15 bits per heavy atom. The van der Waals surface area contributed by atoms with Crippen LogP contribution in [-0.2, 0) is 9.53 Å². The normalized spacial score (nSPS) is 15.1. The van der Waals surface area contributed by atoms with Gasteiger partial charge in [0.15, 0.2) is 0 Å². The Labute approximate surface area is 79.8 Å². The monoisotopic (exact) mass is 188 g/mol. The molecule has 1 amide bonds. The molecular weight excluding hydrogens is 168 g/mol. The van der Waals surface area contributed by atoms with E-state index in [4.69, 9.17) is 10.5 Å². The van der Waals surface area contributed by atoms with Gasteiger partial charge in [-0.2, -0.15) is 0 Å². The molecule has 0 rings (SSSR count). The van der Waals surface area contributed by atoms with Gasteiger partial charge in [-0.15, -0.1) is 0 Å². The fourth-order valence-electron chi connectivity index (χ4n) is 0.962. The van der Waals surface area contributed by atoms with Crippen LogP contribution in [-0.4, -0.2) is 31.2 Å². The summed E-state index contributed by atoms with van der Waals surface area (Å²) in [6.45, 7) is 6.88. The molecule has 0 aromatic carbocycles. The van der Waals surface area contributed by atoms with Gasteiger partial charge in [0, 0.05) is 25.1 Å². The Morgan fingerprint density at radius 1 is 1.54 bits per heavy atom. The molecule has 0 bridgehead atoms. The zero-order valence-corrected chi connectivity index (χ0v) is 8.67. The molecule has 2 unspecified atom stereocenters. The zero-order valence-electron chi connectivity index (χ0n) is 8.67. The van der Waals surface area contributed by atoms with Crippen molar-refractivity contribution in [2.75, 3.05) is 13.2 Å². The topological polar surface area (TPSA) is 64.3 Å². The number of ether oxygens (including phenoxy) is 1. The molecule has 4 nitrogen and oxygen atoms in total. The van der Waals surface area contributed by atoms with Crippen molar-refractivity contribution in [1.82, 2.24) is 5.32 Å². The van der Waals surface area contributed by atoms with Crippen LogP contribution in [0.5, 0.6) is 0 Å². The maximum absolute atomic E-state index is 11.2.